The fourth-order valence-corrected chi connectivity index (χ4v) is 1.34. The van der Waals surface area contributed by atoms with Crippen molar-refractivity contribution in [3.63, 3.8) is 0 Å². The van der Waals surface area contributed by atoms with E-state index in [1.807, 2.05) is 0 Å². The molecule has 1 atom stereocenters. The van der Waals surface area contributed by atoms with Crippen molar-refractivity contribution in [2.75, 3.05) is 26.0 Å². The molecule has 0 saturated carbocycles. The van der Waals surface area contributed by atoms with Crippen molar-refractivity contribution >= 4 is 10.2 Å². The van der Waals surface area contributed by atoms with Gasteiger partial charge < -0.3 is 26.4 Å². The standard InChI is InChI=1S/C5H15NSi.C4H11NO3/c1-3-5(2)6-4-7;5-4(1-6,2-7)3-8/h5-6H,3-4H2,1-2,7H3;6-8H,1-3,5H2. The Morgan fingerprint density at radius 3 is 1.73 bits per heavy atom. The zero-order valence-electron chi connectivity index (χ0n) is 10.0. The van der Waals surface area contributed by atoms with Gasteiger partial charge in [-0.1, -0.05) is 6.92 Å². The monoisotopic (exact) mass is 238 g/mol. The molecule has 6 N–H and O–H groups in total. The summed E-state index contributed by atoms with van der Waals surface area (Å²) in [6.07, 6.45) is 2.48. The normalized spacial score (nSPS) is 13.2. The first-order chi connectivity index (χ1) is 6.99. The summed E-state index contributed by atoms with van der Waals surface area (Å²) >= 11 is 0. The highest BCUT2D eigenvalue weighted by atomic mass is 28.1. The molecule has 0 fully saturated rings. The van der Waals surface area contributed by atoms with Gasteiger partial charge in [-0.15, -0.1) is 0 Å². The largest absolute Gasteiger partial charge is 0.394 e. The third kappa shape index (κ3) is 10.3. The molecule has 0 aromatic carbocycles. The predicted molar refractivity (Wildman–Crippen MR) is 65.9 cm³/mol. The SMILES string of the molecule is CCC(C)NC[SiH3].NC(CO)(CO)CO. The summed E-state index contributed by atoms with van der Waals surface area (Å²) in [6, 6.07) is 0.734. The van der Waals surface area contributed by atoms with Crippen molar-refractivity contribution in [1.29, 1.82) is 0 Å². The van der Waals surface area contributed by atoms with E-state index in [9.17, 15) is 0 Å². The minimum Gasteiger partial charge on any atom is -0.394 e. The third-order valence-electron chi connectivity index (χ3n) is 2.11. The van der Waals surface area contributed by atoms with Crippen LogP contribution in [-0.2, 0) is 0 Å². The average molecular weight is 238 g/mol. The molecule has 5 nitrogen and oxygen atoms in total. The second kappa shape index (κ2) is 10.5. The molecule has 0 amide bonds. The van der Waals surface area contributed by atoms with Gasteiger partial charge in [-0.25, -0.2) is 0 Å². The van der Waals surface area contributed by atoms with Gasteiger partial charge in [0.25, 0.3) is 0 Å². The molecule has 0 saturated heterocycles. The molecule has 0 aromatic heterocycles. The fourth-order valence-electron chi connectivity index (χ4n) is 0.643. The van der Waals surface area contributed by atoms with Crippen LogP contribution in [0.4, 0.5) is 0 Å². The Kier molecular flexibility index (Phi) is 12.2. The molecule has 0 bridgehead atoms. The first kappa shape index (κ1) is 17.4. The Bertz CT molecular complexity index is 126. The van der Waals surface area contributed by atoms with Crippen molar-refractivity contribution < 1.29 is 15.3 Å². The molecular formula is C9H26N2O3Si. The van der Waals surface area contributed by atoms with Gasteiger partial charge in [-0.3, -0.25) is 0 Å². The van der Waals surface area contributed by atoms with E-state index >= 15 is 0 Å². The van der Waals surface area contributed by atoms with Crippen LogP contribution in [0, 0.1) is 0 Å². The molecule has 15 heavy (non-hydrogen) atoms. The van der Waals surface area contributed by atoms with Gasteiger partial charge in [0.1, 0.15) is 0 Å². The highest BCUT2D eigenvalue weighted by Gasteiger charge is 2.20. The van der Waals surface area contributed by atoms with Gasteiger partial charge in [0.2, 0.25) is 0 Å². The van der Waals surface area contributed by atoms with Crippen LogP contribution in [0.3, 0.4) is 0 Å². The minimum absolute atomic E-state index is 0.403. The van der Waals surface area contributed by atoms with E-state index in [0.29, 0.717) is 0 Å². The topological polar surface area (TPSA) is 98.7 Å². The van der Waals surface area contributed by atoms with Gasteiger partial charge in [-0.05, 0) is 19.5 Å². The zero-order valence-corrected chi connectivity index (χ0v) is 12.0. The smallest absolute Gasteiger partial charge is 0.0856 e. The lowest BCUT2D eigenvalue weighted by Crippen LogP contribution is -2.50. The number of hydrogen-bond donors (Lipinski definition) is 5. The minimum atomic E-state index is -1.21. The Balaban J connectivity index is 0. The molecule has 0 spiro atoms. The van der Waals surface area contributed by atoms with Crippen molar-refractivity contribution in [1.82, 2.24) is 5.32 Å². The third-order valence-corrected chi connectivity index (χ3v) is 2.52. The molecule has 0 aliphatic carbocycles. The number of nitrogens with two attached hydrogens (primary N) is 1. The van der Waals surface area contributed by atoms with Crippen LogP contribution < -0.4 is 11.1 Å². The van der Waals surface area contributed by atoms with Crippen molar-refractivity contribution in [3.05, 3.63) is 0 Å². The summed E-state index contributed by atoms with van der Waals surface area (Å²) in [5.74, 6) is 0. The molecule has 1 unspecified atom stereocenters. The first-order valence-electron chi connectivity index (χ1n) is 5.34. The number of aliphatic hydroxyl groups excluding tert-OH is 3. The van der Waals surface area contributed by atoms with Gasteiger partial charge in [0.05, 0.1) is 25.4 Å². The maximum Gasteiger partial charge on any atom is 0.0856 e. The molecule has 0 radical (unpaired) electrons. The lowest BCUT2D eigenvalue weighted by Gasteiger charge is -2.20. The summed E-state index contributed by atoms with van der Waals surface area (Å²) in [4.78, 5) is 0. The van der Waals surface area contributed by atoms with Gasteiger partial charge >= 0.3 is 0 Å². The Labute approximate surface area is 95.1 Å². The molecule has 94 valence electrons. The van der Waals surface area contributed by atoms with E-state index in [-0.39, 0.29) is 0 Å². The predicted octanol–water partition coefficient (Wildman–Crippen LogP) is -2.64. The lowest BCUT2D eigenvalue weighted by molar-refractivity contribution is 0.0698. The van der Waals surface area contributed by atoms with E-state index < -0.39 is 25.4 Å². The molecule has 0 rings (SSSR count). The van der Waals surface area contributed by atoms with E-state index in [4.69, 9.17) is 21.1 Å². The maximum absolute atomic E-state index is 8.34. The van der Waals surface area contributed by atoms with Crippen LogP contribution in [0.5, 0.6) is 0 Å². The van der Waals surface area contributed by atoms with Gasteiger partial charge in [-0.2, -0.15) is 0 Å². The Morgan fingerprint density at radius 2 is 1.67 bits per heavy atom. The van der Waals surface area contributed by atoms with Crippen LogP contribution in [0.15, 0.2) is 0 Å². The van der Waals surface area contributed by atoms with Crippen LogP contribution >= 0.6 is 0 Å². The number of aliphatic hydroxyl groups is 3. The molecular weight excluding hydrogens is 212 g/mol. The van der Waals surface area contributed by atoms with E-state index in [0.717, 1.165) is 6.04 Å². The van der Waals surface area contributed by atoms with E-state index in [1.165, 1.54) is 22.8 Å². The summed E-state index contributed by atoms with van der Waals surface area (Å²) in [5.41, 5.74) is 3.94. The Hall–Kier alpha value is 0.0169. The zero-order chi connectivity index (χ0) is 12.3. The van der Waals surface area contributed by atoms with Crippen molar-refractivity contribution in [2.45, 2.75) is 31.8 Å². The van der Waals surface area contributed by atoms with Crippen LogP contribution in [-0.4, -0.2) is 63.1 Å². The number of rotatable bonds is 6. The molecule has 6 heteroatoms. The quantitative estimate of drug-likeness (QED) is 0.326. The summed E-state index contributed by atoms with van der Waals surface area (Å²) in [6.45, 7) is 3.22. The fraction of sp³-hybridized carbons (Fsp3) is 1.00. The van der Waals surface area contributed by atoms with E-state index in [1.54, 1.807) is 0 Å². The van der Waals surface area contributed by atoms with Crippen LogP contribution in [0.1, 0.15) is 20.3 Å². The molecule has 0 aromatic rings. The van der Waals surface area contributed by atoms with Gasteiger partial charge in [0, 0.05) is 16.3 Å². The van der Waals surface area contributed by atoms with E-state index in [2.05, 4.69) is 19.2 Å². The molecule has 0 aliphatic heterocycles. The molecule has 0 aliphatic rings. The first-order valence-corrected chi connectivity index (χ1v) is 6.75. The summed E-state index contributed by atoms with van der Waals surface area (Å²) in [5, 5.41) is 28.4. The van der Waals surface area contributed by atoms with Crippen LogP contribution in [0.25, 0.3) is 0 Å². The lowest BCUT2D eigenvalue weighted by atomic mass is 10.1. The highest BCUT2D eigenvalue weighted by molar-refractivity contribution is 6.08. The summed E-state index contributed by atoms with van der Waals surface area (Å²) in [7, 11) is 1.28. The second-order valence-corrected chi connectivity index (χ2v) is 4.41. The maximum atomic E-state index is 8.34. The number of nitrogens with one attached hydrogen (secondary N) is 1. The Morgan fingerprint density at radius 1 is 1.27 bits per heavy atom. The second-order valence-electron chi connectivity index (χ2n) is 3.70. The van der Waals surface area contributed by atoms with Crippen LogP contribution in [0.2, 0.25) is 0 Å². The average Bonchev–Trinajstić information content (AvgIpc) is 2.29. The van der Waals surface area contributed by atoms with Gasteiger partial charge in [0.15, 0.2) is 0 Å². The highest BCUT2D eigenvalue weighted by Crippen LogP contribution is 1.93. The molecule has 0 heterocycles. The van der Waals surface area contributed by atoms with Crippen molar-refractivity contribution in [3.8, 4) is 0 Å². The number of hydrogen-bond acceptors (Lipinski definition) is 5. The summed E-state index contributed by atoms with van der Waals surface area (Å²) < 4.78 is 0. The van der Waals surface area contributed by atoms with Crippen molar-refractivity contribution in [2.24, 2.45) is 5.73 Å².